The third-order valence-corrected chi connectivity index (χ3v) is 4.95. The molecule has 1 N–H and O–H groups in total. The van der Waals surface area contributed by atoms with Crippen molar-refractivity contribution >= 4 is 0 Å². The Morgan fingerprint density at radius 2 is 1.75 bits per heavy atom. The number of rotatable bonds is 5. The third-order valence-electron chi connectivity index (χ3n) is 4.95. The molecule has 0 aromatic heterocycles. The van der Waals surface area contributed by atoms with Gasteiger partial charge in [-0.3, -0.25) is 0 Å². The molecule has 0 heterocycles. The van der Waals surface area contributed by atoms with Crippen molar-refractivity contribution in [1.29, 1.82) is 0 Å². The summed E-state index contributed by atoms with van der Waals surface area (Å²) >= 11 is 0. The zero-order valence-electron chi connectivity index (χ0n) is 12.8. The van der Waals surface area contributed by atoms with E-state index in [1.54, 1.807) is 0 Å². The second-order valence-corrected chi connectivity index (χ2v) is 6.81. The summed E-state index contributed by atoms with van der Waals surface area (Å²) in [6.45, 7) is 5.71. The van der Waals surface area contributed by atoms with Gasteiger partial charge in [0, 0.05) is 12.6 Å². The highest BCUT2D eigenvalue weighted by molar-refractivity contribution is 5.27. The Kier molecular flexibility index (Phi) is 4.30. The lowest BCUT2D eigenvalue weighted by molar-refractivity contribution is 0.101. The summed E-state index contributed by atoms with van der Waals surface area (Å²) in [5.74, 6) is 2.67. The molecule has 3 unspecified atom stereocenters. The van der Waals surface area contributed by atoms with E-state index in [1.165, 1.54) is 37.7 Å². The molecule has 0 bridgehead atoms. The van der Waals surface area contributed by atoms with Crippen molar-refractivity contribution in [2.45, 2.75) is 64.6 Å². The van der Waals surface area contributed by atoms with Crippen LogP contribution in [-0.4, -0.2) is 12.1 Å². The van der Waals surface area contributed by atoms with Crippen LogP contribution in [0.1, 0.15) is 51.5 Å². The van der Waals surface area contributed by atoms with Crippen molar-refractivity contribution in [2.24, 2.45) is 11.8 Å². The fourth-order valence-electron chi connectivity index (χ4n) is 3.03. The van der Waals surface area contributed by atoms with Crippen LogP contribution in [0.2, 0.25) is 0 Å². The van der Waals surface area contributed by atoms with Crippen molar-refractivity contribution < 1.29 is 4.74 Å². The maximum absolute atomic E-state index is 6.15. The van der Waals surface area contributed by atoms with Crippen LogP contribution in [0.4, 0.5) is 0 Å². The predicted molar refractivity (Wildman–Crippen MR) is 82.9 cm³/mol. The van der Waals surface area contributed by atoms with Crippen molar-refractivity contribution in [3.05, 3.63) is 29.8 Å². The number of benzene rings is 1. The molecule has 1 aromatic carbocycles. The maximum atomic E-state index is 6.15. The van der Waals surface area contributed by atoms with Gasteiger partial charge in [0.2, 0.25) is 0 Å². The molecule has 0 amide bonds. The van der Waals surface area contributed by atoms with Gasteiger partial charge in [0.1, 0.15) is 5.75 Å². The highest BCUT2D eigenvalue weighted by Gasteiger charge is 2.25. The largest absolute Gasteiger partial charge is 0.490 e. The van der Waals surface area contributed by atoms with Crippen molar-refractivity contribution in [3.63, 3.8) is 0 Å². The van der Waals surface area contributed by atoms with Gasteiger partial charge in [0.15, 0.2) is 0 Å². The molecule has 2 fully saturated rings. The van der Waals surface area contributed by atoms with E-state index in [0.717, 1.165) is 30.2 Å². The average Bonchev–Trinajstić information content (AvgIpc) is 3.26. The van der Waals surface area contributed by atoms with Crippen molar-refractivity contribution in [2.75, 3.05) is 0 Å². The summed E-state index contributed by atoms with van der Waals surface area (Å²) in [5, 5.41) is 3.54. The first-order chi connectivity index (χ1) is 9.70. The first-order valence-electron chi connectivity index (χ1n) is 8.19. The van der Waals surface area contributed by atoms with E-state index in [1.807, 2.05) is 0 Å². The van der Waals surface area contributed by atoms with E-state index in [2.05, 4.69) is 43.4 Å². The lowest BCUT2D eigenvalue weighted by Crippen LogP contribution is -2.28. The van der Waals surface area contributed by atoms with E-state index in [0.29, 0.717) is 6.10 Å². The van der Waals surface area contributed by atoms with Crippen LogP contribution in [0.5, 0.6) is 5.75 Å². The molecule has 2 aliphatic rings. The monoisotopic (exact) mass is 273 g/mol. The van der Waals surface area contributed by atoms with Crippen LogP contribution in [-0.2, 0) is 6.54 Å². The molecule has 0 aliphatic heterocycles. The molecule has 2 heteroatoms. The Balaban J connectivity index is 1.49. The van der Waals surface area contributed by atoms with Crippen molar-refractivity contribution in [1.82, 2.24) is 5.32 Å². The summed E-state index contributed by atoms with van der Waals surface area (Å²) in [5.41, 5.74) is 1.36. The highest BCUT2D eigenvalue weighted by atomic mass is 16.5. The molecule has 2 aliphatic carbocycles. The topological polar surface area (TPSA) is 21.3 Å². The lowest BCUT2D eigenvalue weighted by Gasteiger charge is -2.32. The summed E-state index contributed by atoms with van der Waals surface area (Å²) in [4.78, 5) is 0. The molecule has 110 valence electrons. The molecule has 20 heavy (non-hydrogen) atoms. The van der Waals surface area contributed by atoms with E-state index < -0.39 is 0 Å². The Bertz CT molecular complexity index is 424. The number of hydrogen-bond donors (Lipinski definition) is 1. The van der Waals surface area contributed by atoms with Gasteiger partial charge in [-0.2, -0.15) is 0 Å². The fourth-order valence-corrected chi connectivity index (χ4v) is 3.03. The van der Waals surface area contributed by atoms with Gasteiger partial charge in [0.25, 0.3) is 0 Å². The first-order valence-corrected chi connectivity index (χ1v) is 8.19. The van der Waals surface area contributed by atoms with Crippen LogP contribution < -0.4 is 10.1 Å². The molecule has 2 nitrogen and oxygen atoms in total. The summed E-state index contributed by atoms with van der Waals surface area (Å²) in [6.07, 6.45) is 6.81. The van der Waals surface area contributed by atoms with Gasteiger partial charge in [-0.05, 0) is 61.6 Å². The lowest BCUT2D eigenvalue weighted by atomic mass is 9.80. The average molecular weight is 273 g/mol. The summed E-state index contributed by atoms with van der Waals surface area (Å²) in [6, 6.07) is 9.43. The smallest absolute Gasteiger partial charge is 0.119 e. The van der Waals surface area contributed by atoms with Gasteiger partial charge in [-0.1, -0.05) is 26.0 Å². The number of ether oxygens (including phenoxy) is 1. The van der Waals surface area contributed by atoms with Crippen LogP contribution in [0.3, 0.4) is 0 Å². The predicted octanol–water partition coefficient (Wildman–Crippen LogP) is 4.14. The van der Waals surface area contributed by atoms with Crippen LogP contribution in [0.15, 0.2) is 24.3 Å². The zero-order chi connectivity index (χ0) is 13.9. The van der Waals surface area contributed by atoms with E-state index in [9.17, 15) is 0 Å². The van der Waals surface area contributed by atoms with Crippen LogP contribution in [0, 0.1) is 11.8 Å². The second kappa shape index (κ2) is 6.17. The molecule has 0 radical (unpaired) electrons. The molecule has 0 spiro atoms. The maximum Gasteiger partial charge on any atom is 0.119 e. The Morgan fingerprint density at radius 3 is 2.40 bits per heavy atom. The molecular formula is C18H27NO. The van der Waals surface area contributed by atoms with Gasteiger partial charge in [-0.25, -0.2) is 0 Å². The minimum Gasteiger partial charge on any atom is -0.490 e. The summed E-state index contributed by atoms with van der Waals surface area (Å²) < 4.78 is 6.15. The first kappa shape index (κ1) is 13.9. The third kappa shape index (κ3) is 3.76. The van der Waals surface area contributed by atoms with E-state index >= 15 is 0 Å². The Labute approximate surface area is 122 Å². The molecule has 0 saturated heterocycles. The molecule has 3 rings (SSSR count). The fraction of sp³-hybridized carbons (Fsp3) is 0.667. The van der Waals surface area contributed by atoms with E-state index in [4.69, 9.17) is 4.74 Å². The molecule has 2 saturated carbocycles. The quantitative estimate of drug-likeness (QED) is 0.870. The van der Waals surface area contributed by atoms with Crippen molar-refractivity contribution in [3.8, 4) is 5.75 Å². The standard InChI is InChI=1S/C18H27NO/c1-13-3-8-18(11-14(13)2)20-17-9-4-15(5-10-17)12-19-16-6-7-16/h4-5,9-10,13-14,16,18-19H,3,6-8,11-12H2,1-2H3. The Hall–Kier alpha value is -1.02. The highest BCUT2D eigenvalue weighted by Crippen LogP contribution is 2.31. The number of hydrogen-bond acceptors (Lipinski definition) is 2. The van der Waals surface area contributed by atoms with Crippen LogP contribution >= 0.6 is 0 Å². The van der Waals surface area contributed by atoms with Gasteiger partial charge in [-0.15, -0.1) is 0 Å². The van der Waals surface area contributed by atoms with Crippen LogP contribution in [0.25, 0.3) is 0 Å². The van der Waals surface area contributed by atoms with Gasteiger partial charge < -0.3 is 10.1 Å². The molecular weight excluding hydrogens is 246 g/mol. The zero-order valence-corrected chi connectivity index (χ0v) is 12.8. The van der Waals surface area contributed by atoms with E-state index in [-0.39, 0.29) is 0 Å². The summed E-state index contributed by atoms with van der Waals surface area (Å²) in [7, 11) is 0. The second-order valence-electron chi connectivity index (χ2n) is 6.81. The number of nitrogens with one attached hydrogen (secondary N) is 1. The SMILES string of the molecule is CC1CCC(Oc2ccc(CNC3CC3)cc2)CC1C. The normalized spacial score (nSPS) is 30.2. The minimum atomic E-state index is 0.414. The Morgan fingerprint density at radius 1 is 1.00 bits per heavy atom. The van der Waals surface area contributed by atoms with Gasteiger partial charge >= 0.3 is 0 Å². The van der Waals surface area contributed by atoms with Gasteiger partial charge in [0.05, 0.1) is 6.10 Å². The molecule has 1 aromatic rings. The minimum absolute atomic E-state index is 0.414. The molecule has 3 atom stereocenters.